The first-order valence-corrected chi connectivity index (χ1v) is 8.29. The third-order valence-electron chi connectivity index (χ3n) is 3.32. The van der Waals surface area contributed by atoms with Crippen molar-refractivity contribution in [2.45, 2.75) is 45.8 Å². The van der Waals surface area contributed by atoms with E-state index in [1.165, 1.54) is 0 Å². The van der Waals surface area contributed by atoms with Crippen LogP contribution in [0.4, 0.5) is 0 Å². The van der Waals surface area contributed by atoms with Gasteiger partial charge in [0.2, 0.25) is 11.8 Å². The van der Waals surface area contributed by atoms with E-state index in [9.17, 15) is 9.59 Å². The zero-order valence-electron chi connectivity index (χ0n) is 14.8. The second kappa shape index (κ2) is 11.5. The highest BCUT2D eigenvalue weighted by atomic mass is 16.5. The van der Waals surface area contributed by atoms with Crippen LogP contribution in [0, 0.1) is 0 Å². The molecule has 1 aromatic carbocycles. The molecule has 0 spiro atoms. The standard InChI is InChI=1S/C18H28N2O4/c1-14(2)24-12-4-11-19-17(21)9-10-18(22)20-13-15-5-7-16(23-3)8-6-15/h5-8,14H,4,9-13H2,1-3H3,(H,19,21)(H,20,22). The first kappa shape index (κ1) is 20.0. The minimum Gasteiger partial charge on any atom is -0.497 e. The Bertz CT molecular complexity index is 500. The van der Waals surface area contributed by atoms with E-state index in [0.29, 0.717) is 19.7 Å². The van der Waals surface area contributed by atoms with E-state index < -0.39 is 0 Å². The fourth-order valence-corrected chi connectivity index (χ4v) is 1.97. The predicted octanol–water partition coefficient (Wildman–Crippen LogP) is 2.02. The molecule has 0 saturated heterocycles. The van der Waals surface area contributed by atoms with Crippen LogP contribution in [0.5, 0.6) is 5.75 Å². The summed E-state index contributed by atoms with van der Waals surface area (Å²) in [6.45, 7) is 5.59. The molecule has 6 heteroatoms. The van der Waals surface area contributed by atoms with E-state index in [4.69, 9.17) is 9.47 Å². The van der Waals surface area contributed by atoms with Gasteiger partial charge in [0.05, 0.1) is 13.2 Å². The van der Waals surface area contributed by atoms with Crippen molar-refractivity contribution < 1.29 is 19.1 Å². The van der Waals surface area contributed by atoms with Crippen LogP contribution in [-0.2, 0) is 20.9 Å². The quantitative estimate of drug-likeness (QED) is 0.606. The van der Waals surface area contributed by atoms with Gasteiger partial charge < -0.3 is 20.1 Å². The summed E-state index contributed by atoms with van der Waals surface area (Å²) in [5, 5.41) is 5.59. The average Bonchev–Trinajstić information content (AvgIpc) is 2.58. The Morgan fingerprint density at radius 1 is 1.04 bits per heavy atom. The number of rotatable bonds is 11. The number of hydrogen-bond acceptors (Lipinski definition) is 4. The Kier molecular flexibility index (Phi) is 9.53. The predicted molar refractivity (Wildman–Crippen MR) is 92.8 cm³/mol. The molecule has 2 amide bonds. The third kappa shape index (κ3) is 9.15. The molecule has 0 aromatic heterocycles. The van der Waals surface area contributed by atoms with Gasteiger partial charge in [-0.3, -0.25) is 9.59 Å². The third-order valence-corrected chi connectivity index (χ3v) is 3.32. The van der Waals surface area contributed by atoms with Crippen LogP contribution in [0.1, 0.15) is 38.7 Å². The SMILES string of the molecule is COc1ccc(CNC(=O)CCC(=O)NCCCOC(C)C)cc1. The molecule has 0 aliphatic heterocycles. The van der Waals surface area contributed by atoms with Gasteiger partial charge in [-0.05, 0) is 38.0 Å². The number of amides is 2. The van der Waals surface area contributed by atoms with E-state index in [1.54, 1.807) is 7.11 Å². The molecule has 1 rings (SSSR count). The van der Waals surface area contributed by atoms with Gasteiger partial charge in [0.25, 0.3) is 0 Å². The first-order valence-electron chi connectivity index (χ1n) is 8.29. The van der Waals surface area contributed by atoms with Crippen LogP contribution >= 0.6 is 0 Å². The molecule has 6 nitrogen and oxygen atoms in total. The van der Waals surface area contributed by atoms with Crippen LogP contribution < -0.4 is 15.4 Å². The fourth-order valence-electron chi connectivity index (χ4n) is 1.97. The van der Waals surface area contributed by atoms with Gasteiger partial charge in [-0.15, -0.1) is 0 Å². The summed E-state index contributed by atoms with van der Waals surface area (Å²) in [7, 11) is 1.61. The van der Waals surface area contributed by atoms with Gasteiger partial charge in [0.1, 0.15) is 5.75 Å². The largest absolute Gasteiger partial charge is 0.497 e. The molecule has 0 atom stereocenters. The number of nitrogens with one attached hydrogen (secondary N) is 2. The Hall–Kier alpha value is -2.08. The van der Waals surface area contributed by atoms with E-state index in [-0.39, 0.29) is 30.8 Å². The first-order chi connectivity index (χ1) is 11.5. The Labute approximate surface area is 143 Å². The Morgan fingerprint density at radius 3 is 2.25 bits per heavy atom. The van der Waals surface area contributed by atoms with E-state index in [2.05, 4.69) is 10.6 Å². The lowest BCUT2D eigenvalue weighted by atomic mass is 10.2. The molecule has 0 radical (unpaired) electrons. The maximum absolute atomic E-state index is 11.8. The van der Waals surface area contributed by atoms with Gasteiger partial charge in [-0.2, -0.15) is 0 Å². The van der Waals surface area contributed by atoms with Gasteiger partial charge in [0.15, 0.2) is 0 Å². The molecule has 0 heterocycles. The van der Waals surface area contributed by atoms with Gasteiger partial charge in [-0.25, -0.2) is 0 Å². The normalized spacial score (nSPS) is 10.5. The maximum Gasteiger partial charge on any atom is 0.220 e. The van der Waals surface area contributed by atoms with Crippen molar-refractivity contribution in [2.24, 2.45) is 0 Å². The van der Waals surface area contributed by atoms with Crippen LogP contribution in [0.15, 0.2) is 24.3 Å². The van der Waals surface area contributed by atoms with Gasteiger partial charge >= 0.3 is 0 Å². The molecule has 0 aliphatic carbocycles. The smallest absolute Gasteiger partial charge is 0.220 e. The number of methoxy groups -OCH3 is 1. The van der Waals surface area contributed by atoms with E-state index in [1.807, 2.05) is 38.1 Å². The topological polar surface area (TPSA) is 76.7 Å². The van der Waals surface area contributed by atoms with Crippen molar-refractivity contribution in [1.29, 1.82) is 0 Å². The maximum atomic E-state index is 11.8. The monoisotopic (exact) mass is 336 g/mol. The van der Waals surface area contributed by atoms with Gasteiger partial charge in [-0.1, -0.05) is 12.1 Å². The highest BCUT2D eigenvalue weighted by Gasteiger charge is 2.06. The molecule has 0 saturated carbocycles. The summed E-state index contributed by atoms with van der Waals surface area (Å²) in [6.07, 6.45) is 1.35. The zero-order chi connectivity index (χ0) is 17.8. The molecule has 0 bridgehead atoms. The average molecular weight is 336 g/mol. The lowest BCUT2D eigenvalue weighted by Crippen LogP contribution is -2.28. The summed E-state index contributed by atoms with van der Waals surface area (Å²) in [5.74, 6) is 0.531. The summed E-state index contributed by atoms with van der Waals surface area (Å²) in [4.78, 5) is 23.4. The van der Waals surface area contributed by atoms with Crippen LogP contribution in [0.2, 0.25) is 0 Å². The van der Waals surface area contributed by atoms with Crippen molar-refractivity contribution in [3.05, 3.63) is 29.8 Å². The Balaban J connectivity index is 2.10. The number of ether oxygens (including phenoxy) is 2. The lowest BCUT2D eigenvalue weighted by Gasteiger charge is -2.09. The highest BCUT2D eigenvalue weighted by Crippen LogP contribution is 2.10. The summed E-state index contributed by atoms with van der Waals surface area (Å²) < 4.78 is 10.5. The van der Waals surface area contributed by atoms with Crippen LogP contribution in [0.3, 0.4) is 0 Å². The lowest BCUT2D eigenvalue weighted by molar-refractivity contribution is -0.126. The van der Waals surface area contributed by atoms with Crippen molar-refractivity contribution in [1.82, 2.24) is 10.6 Å². The molecule has 2 N–H and O–H groups in total. The van der Waals surface area contributed by atoms with Crippen molar-refractivity contribution in [2.75, 3.05) is 20.3 Å². The van der Waals surface area contributed by atoms with Crippen molar-refractivity contribution in [3.8, 4) is 5.75 Å². The second-order valence-corrected chi connectivity index (χ2v) is 5.75. The molecule has 24 heavy (non-hydrogen) atoms. The van der Waals surface area contributed by atoms with Gasteiger partial charge in [0, 0.05) is 32.5 Å². The molecule has 0 unspecified atom stereocenters. The zero-order valence-corrected chi connectivity index (χ0v) is 14.8. The van der Waals surface area contributed by atoms with Crippen molar-refractivity contribution in [3.63, 3.8) is 0 Å². The van der Waals surface area contributed by atoms with Crippen LogP contribution in [0.25, 0.3) is 0 Å². The van der Waals surface area contributed by atoms with E-state index in [0.717, 1.165) is 17.7 Å². The molecule has 0 fully saturated rings. The summed E-state index contributed by atoms with van der Waals surface area (Å²) in [6, 6.07) is 7.48. The fraction of sp³-hybridized carbons (Fsp3) is 0.556. The highest BCUT2D eigenvalue weighted by molar-refractivity contribution is 5.83. The summed E-state index contributed by atoms with van der Waals surface area (Å²) >= 11 is 0. The molecule has 134 valence electrons. The Morgan fingerprint density at radius 2 is 1.67 bits per heavy atom. The number of benzene rings is 1. The molecule has 0 aliphatic rings. The van der Waals surface area contributed by atoms with E-state index >= 15 is 0 Å². The number of hydrogen-bond donors (Lipinski definition) is 2. The molecular weight excluding hydrogens is 308 g/mol. The summed E-state index contributed by atoms with van der Waals surface area (Å²) in [5.41, 5.74) is 0.985. The number of carbonyl (C=O) groups is 2. The minimum atomic E-state index is -0.135. The molecular formula is C18H28N2O4. The van der Waals surface area contributed by atoms with Crippen molar-refractivity contribution >= 4 is 11.8 Å². The van der Waals surface area contributed by atoms with Crippen LogP contribution in [-0.4, -0.2) is 38.2 Å². The molecule has 1 aromatic rings. The second-order valence-electron chi connectivity index (χ2n) is 5.75. The minimum absolute atomic E-state index is 0.112. The number of carbonyl (C=O) groups excluding carboxylic acids is 2.